The molecule has 1 aliphatic carbocycles. The smallest absolute Gasteiger partial charge is 0.0586 e. The van der Waals surface area contributed by atoms with Crippen LogP contribution in [0.3, 0.4) is 0 Å². The van der Waals surface area contributed by atoms with Crippen molar-refractivity contribution in [1.82, 2.24) is 5.32 Å². The fraction of sp³-hybridized carbons (Fsp3) is 0.714. The molecule has 3 heteroatoms. The zero-order valence-electron chi connectivity index (χ0n) is 11.0. The van der Waals surface area contributed by atoms with Crippen molar-refractivity contribution in [3.05, 3.63) is 21.9 Å². The van der Waals surface area contributed by atoms with Gasteiger partial charge in [0.2, 0.25) is 0 Å². The minimum absolute atomic E-state index is 0.457. The van der Waals surface area contributed by atoms with E-state index in [1.165, 1.54) is 29.0 Å². The van der Waals surface area contributed by atoms with Crippen LogP contribution in [0.2, 0.25) is 0 Å². The Morgan fingerprint density at radius 2 is 2.24 bits per heavy atom. The highest BCUT2D eigenvalue weighted by molar-refractivity contribution is 7.12. The van der Waals surface area contributed by atoms with Gasteiger partial charge < -0.3 is 10.1 Å². The fourth-order valence-electron chi connectivity index (χ4n) is 2.63. The first kappa shape index (κ1) is 13.1. The van der Waals surface area contributed by atoms with Gasteiger partial charge in [-0.1, -0.05) is 0 Å². The molecule has 0 amide bonds. The largest absolute Gasteiger partial charge is 0.381 e. The highest BCUT2D eigenvalue weighted by Gasteiger charge is 2.23. The van der Waals surface area contributed by atoms with Crippen LogP contribution in [0.5, 0.6) is 0 Å². The molecule has 3 unspecified atom stereocenters. The van der Waals surface area contributed by atoms with E-state index in [1.807, 2.05) is 18.4 Å². The molecule has 0 aromatic carbocycles. The predicted octanol–water partition coefficient (Wildman–Crippen LogP) is 3.66. The van der Waals surface area contributed by atoms with E-state index >= 15 is 0 Å². The molecule has 1 saturated carbocycles. The van der Waals surface area contributed by atoms with Gasteiger partial charge in [-0.25, -0.2) is 0 Å². The number of aryl methyl sites for hydroxylation is 1. The Labute approximate surface area is 108 Å². The first-order valence-electron chi connectivity index (χ1n) is 6.54. The Morgan fingerprint density at radius 3 is 2.88 bits per heavy atom. The van der Waals surface area contributed by atoms with Crippen molar-refractivity contribution >= 4 is 11.3 Å². The zero-order valence-corrected chi connectivity index (χ0v) is 11.8. The normalized spacial score (nSPS) is 27.0. The summed E-state index contributed by atoms with van der Waals surface area (Å²) in [6.07, 6.45) is 5.41. The van der Waals surface area contributed by atoms with Gasteiger partial charge in [-0.2, -0.15) is 0 Å². The summed E-state index contributed by atoms with van der Waals surface area (Å²) in [4.78, 5) is 2.84. The summed E-state index contributed by atoms with van der Waals surface area (Å²) in [5.74, 6) is 0. The van der Waals surface area contributed by atoms with Crippen LogP contribution in [0.15, 0.2) is 12.1 Å². The Morgan fingerprint density at radius 1 is 1.41 bits per heavy atom. The molecule has 1 aromatic rings. The summed E-state index contributed by atoms with van der Waals surface area (Å²) in [6, 6.07) is 5.53. The Kier molecular flexibility index (Phi) is 4.60. The number of rotatable bonds is 4. The maximum absolute atomic E-state index is 5.48. The maximum Gasteiger partial charge on any atom is 0.0586 e. The highest BCUT2D eigenvalue weighted by atomic mass is 32.1. The van der Waals surface area contributed by atoms with Crippen LogP contribution < -0.4 is 5.32 Å². The summed E-state index contributed by atoms with van der Waals surface area (Å²) >= 11 is 1.90. The summed E-state index contributed by atoms with van der Waals surface area (Å²) in [5, 5.41) is 3.74. The molecule has 0 saturated heterocycles. The van der Waals surface area contributed by atoms with Gasteiger partial charge in [-0.3, -0.25) is 0 Å². The van der Waals surface area contributed by atoms with Crippen molar-refractivity contribution in [1.29, 1.82) is 0 Å². The second kappa shape index (κ2) is 5.98. The van der Waals surface area contributed by atoms with Crippen LogP contribution in [0.1, 0.15) is 48.4 Å². The van der Waals surface area contributed by atoms with Gasteiger partial charge in [0.15, 0.2) is 0 Å². The minimum Gasteiger partial charge on any atom is -0.381 e. The molecule has 2 rings (SSSR count). The number of nitrogens with one attached hydrogen (secondary N) is 1. The molecule has 1 aliphatic rings. The van der Waals surface area contributed by atoms with Gasteiger partial charge in [0, 0.05) is 28.9 Å². The lowest BCUT2D eigenvalue weighted by molar-refractivity contribution is 0.0573. The quantitative estimate of drug-likeness (QED) is 0.884. The van der Waals surface area contributed by atoms with E-state index in [1.54, 1.807) is 0 Å². The number of thiophene rings is 1. The standard InChI is InChI=1S/C14H23NOS/c1-10-7-8-14(17-10)11(2)15-12-5-4-6-13(9-12)16-3/h7-8,11-13,15H,4-6,9H2,1-3H3. The van der Waals surface area contributed by atoms with E-state index in [0.717, 1.165) is 6.42 Å². The number of hydrogen-bond donors (Lipinski definition) is 1. The Balaban J connectivity index is 1.87. The van der Waals surface area contributed by atoms with E-state index in [0.29, 0.717) is 18.2 Å². The van der Waals surface area contributed by atoms with Crippen LogP contribution in [-0.4, -0.2) is 19.3 Å². The first-order valence-corrected chi connectivity index (χ1v) is 7.36. The third kappa shape index (κ3) is 3.54. The molecule has 3 atom stereocenters. The fourth-order valence-corrected chi connectivity index (χ4v) is 3.52. The molecule has 17 heavy (non-hydrogen) atoms. The molecular weight excluding hydrogens is 230 g/mol. The van der Waals surface area contributed by atoms with Gasteiger partial charge in [0.25, 0.3) is 0 Å². The topological polar surface area (TPSA) is 21.3 Å². The molecular formula is C14H23NOS. The Hall–Kier alpha value is -0.380. The van der Waals surface area contributed by atoms with E-state index in [4.69, 9.17) is 4.74 Å². The van der Waals surface area contributed by atoms with Gasteiger partial charge in [-0.15, -0.1) is 11.3 Å². The molecule has 1 fully saturated rings. The van der Waals surface area contributed by atoms with Crippen LogP contribution in [0.4, 0.5) is 0 Å². The Bertz CT molecular complexity index is 350. The average Bonchev–Trinajstić information content (AvgIpc) is 2.76. The summed E-state index contributed by atoms with van der Waals surface area (Å²) in [5.41, 5.74) is 0. The third-order valence-corrected chi connectivity index (χ3v) is 4.82. The van der Waals surface area contributed by atoms with Crippen molar-refractivity contribution in [3.63, 3.8) is 0 Å². The monoisotopic (exact) mass is 253 g/mol. The third-order valence-electron chi connectivity index (χ3n) is 3.63. The van der Waals surface area contributed by atoms with E-state index < -0.39 is 0 Å². The van der Waals surface area contributed by atoms with Gasteiger partial charge in [0.1, 0.15) is 0 Å². The second-order valence-electron chi connectivity index (χ2n) is 5.06. The number of methoxy groups -OCH3 is 1. The van der Waals surface area contributed by atoms with Crippen molar-refractivity contribution in [2.24, 2.45) is 0 Å². The van der Waals surface area contributed by atoms with Gasteiger partial charge in [-0.05, 0) is 51.7 Å². The maximum atomic E-state index is 5.48. The van der Waals surface area contributed by atoms with Crippen molar-refractivity contribution in [2.45, 2.75) is 57.7 Å². The SMILES string of the molecule is COC1CCCC(NC(C)c2ccc(C)s2)C1. The van der Waals surface area contributed by atoms with Crippen molar-refractivity contribution in [2.75, 3.05) is 7.11 Å². The zero-order chi connectivity index (χ0) is 12.3. The first-order chi connectivity index (χ1) is 8.19. The van der Waals surface area contributed by atoms with E-state index in [9.17, 15) is 0 Å². The number of hydrogen-bond acceptors (Lipinski definition) is 3. The lowest BCUT2D eigenvalue weighted by atomic mass is 9.92. The van der Waals surface area contributed by atoms with Crippen LogP contribution >= 0.6 is 11.3 Å². The molecule has 0 aliphatic heterocycles. The van der Waals surface area contributed by atoms with Gasteiger partial charge in [0.05, 0.1) is 6.10 Å². The highest BCUT2D eigenvalue weighted by Crippen LogP contribution is 2.26. The predicted molar refractivity (Wildman–Crippen MR) is 73.7 cm³/mol. The molecule has 1 aromatic heterocycles. The van der Waals surface area contributed by atoms with E-state index in [-0.39, 0.29) is 0 Å². The van der Waals surface area contributed by atoms with Crippen LogP contribution in [-0.2, 0) is 4.74 Å². The summed E-state index contributed by atoms with van der Waals surface area (Å²) in [7, 11) is 1.83. The van der Waals surface area contributed by atoms with Crippen molar-refractivity contribution in [3.8, 4) is 0 Å². The van der Waals surface area contributed by atoms with Crippen molar-refractivity contribution < 1.29 is 4.74 Å². The molecule has 2 nitrogen and oxygen atoms in total. The van der Waals surface area contributed by atoms with Gasteiger partial charge >= 0.3 is 0 Å². The van der Waals surface area contributed by atoms with E-state index in [2.05, 4.69) is 31.3 Å². The summed E-state index contributed by atoms with van der Waals surface area (Å²) < 4.78 is 5.48. The molecule has 0 bridgehead atoms. The lowest BCUT2D eigenvalue weighted by Gasteiger charge is -2.31. The molecule has 0 spiro atoms. The lowest BCUT2D eigenvalue weighted by Crippen LogP contribution is -2.37. The molecule has 1 heterocycles. The summed E-state index contributed by atoms with van der Waals surface area (Å²) in [6.45, 7) is 4.43. The van der Waals surface area contributed by atoms with Crippen LogP contribution in [0.25, 0.3) is 0 Å². The second-order valence-corrected chi connectivity index (χ2v) is 6.38. The number of ether oxygens (including phenoxy) is 1. The molecule has 1 N–H and O–H groups in total. The molecule has 96 valence electrons. The molecule has 0 radical (unpaired) electrons. The average molecular weight is 253 g/mol. The minimum atomic E-state index is 0.457. The van der Waals surface area contributed by atoms with Crippen LogP contribution in [0, 0.1) is 6.92 Å².